The van der Waals surface area contributed by atoms with Crippen LogP contribution < -0.4 is 20.7 Å². The lowest BCUT2D eigenvalue weighted by atomic mass is 9.97. The van der Waals surface area contributed by atoms with Crippen molar-refractivity contribution in [1.82, 2.24) is 5.53 Å². The number of aliphatic imine (C=N–C) groups is 1. The molecule has 0 bridgehead atoms. The molecule has 1 radical (unpaired) electrons. The zero-order valence-corrected chi connectivity index (χ0v) is 14.5. The predicted octanol–water partition coefficient (Wildman–Crippen LogP) is 3.41. The average Bonchev–Trinajstić information content (AvgIpc) is 2.97. The van der Waals surface area contributed by atoms with Crippen molar-refractivity contribution in [3.63, 3.8) is 0 Å². The molecule has 27 heavy (non-hydrogen) atoms. The fourth-order valence-electron chi connectivity index (χ4n) is 3.07. The minimum absolute atomic E-state index is 0.0914. The number of para-hydroxylation sites is 1. The van der Waals surface area contributed by atoms with E-state index < -0.39 is 17.6 Å². The van der Waals surface area contributed by atoms with E-state index in [4.69, 9.17) is 0 Å². The molecule has 2 aromatic carbocycles. The summed E-state index contributed by atoms with van der Waals surface area (Å²) in [5.41, 5.74) is 6.11. The van der Waals surface area contributed by atoms with Crippen LogP contribution in [0.25, 0.3) is 0 Å². The highest BCUT2D eigenvalue weighted by atomic mass is 19.4. The van der Waals surface area contributed by atoms with Gasteiger partial charge in [-0.2, -0.15) is 13.2 Å². The molecule has 139 valence electrons. The zero-order valence-electron chi connectivity index (χ0n) is 14.5. The summed E-state index contributed by atoms with van der Waals surface area (Å²) in [4.78, 5) is 4.49. The molecule has 2 aliphatic heterocycles. The van der Waals surface area contributed by atoms with Crippen molar-refractivity contribution in [3.05, 3.63) is 71.4 Å². The maximum atomic E-state index is 12.8. The predicted molar refractivity (Wildman–Crippen MR) is 93.4 cm³/mol. The molecule has 0 N–H and O–H groups in total. The number of anilines is 2. The van der Waals surface area contributed by atoms with Crippen LogP contribution in [0, 0.1) is 5.92 Å². The first-order chi connectivity index (χ1) is 12.8. The zero-order chi connectivity index (χ0) is 19.3. The van der Waals surface area contributed by atoms with E-state index in [0.717, 1.165) is 28.4 Å². The van der Waals surface area contributed by atoms with Crippen LogP contribution in [0.3, 0.4) is 0 Å². The number of alkyl halides is 3. The molecule has 8 heteroatoms. The van der Waals surface area contributed by atoms with Crippen LogP contribution in [0.2, 0.25) is 0 Å². The highest BCUT2D eigenvalue weighted by Crippen LogP contribution is 2.38. The maximum Gasteiger partial charge on any atom is 0.416 e. The van der Waals surface area contributed by atoms with Gasteiger partial charge < -0.3 is 5.11 Å². The van der Waals surface area contributed by atoms with Gasteiger partial charge in [-0.15, -0.1) is 0 Å². The van der Waals surface area contributed by atoms with Gasteiger partial charge in [0.05, 0.1) is 22.6 Å². The smallest absolute Gasteiger partial charge is 0.416 e. The molecule has 0 fully saturated rings. The Labute approximate surface area is 154 Å². The van der Waals surface area contributed by atoms with Crippen molar-refractivity contribution in [2.24, 2.45) is 10.9 Å². The van der Waals surface area contributed by atoms with Gasteiger partial charge in [0.25, 0.3) is 0 Å². The standard InChI is InChI=1S/C19H16F3N4O/c1-11(2)16-14-5-3-4-6-15(14)26-17(23-16)18(27)25(24-26)13-9-7-12(8-10-13)19(20,21)22/h3-11,27H,1-2H3/p-1. The van der Waals surface area contributed by atoms with Crippen LogP contribution in [0.1, 0.15) is 25.0 Å². The van der Waals surface area contributed by atoms with Gasteiger partial charge in [0.2, 0.25) is 0 Å². The van der Waals surface area contributed by atoms with E-state index in [-0.39, 0.29) is 17.4 Å². The van der Waals surface area contributed by atoms with Gasteiger partial charge in [-0.1, -0.05) is 32.0 Å². The minimum Gasteiger partial charge on any atom is -0.856 e. The summed E-state index contributed by atoms with van der Waals surface area (Å²) in [6.45, 7) is 3.96. The molecular formula is C19H15F3N4O-. The number of rotatable bonds is 2. The van der Waals surface area contributed by atoms with Gasteiger partial charge in [0.15, 0.2) is 5.82 Å². The SMILES string of the molecule is CC(C)C1=NC2=C([O-])N(c3ccc(C(F)(F)F)cc3)[N]N2c2ccccc21. The Morgan fingerprint density at radius 3 is 2.26 bits per heavy atom. The van der Waals surface area contributed by atoms with E-state index in [0.29, 0.717) is 5.69 Å². The minimum atomic E-state index is -4.44. The van der Waals surface area contributed by atoms with E-state index in [9.17, 15) is 18.3 Å². The fourth-order valence-corrected chi connectivity index (χ4v) is 3.07. The summed E-state index contributed by atoms with van der Waals surface area (Å²) in [7, 11) is 0. The largest absolute Gasteiger partial charge is 0.856 e. The molecule has 0 aromatic heterocycles. The van der Waals surface area contributed by atoms with Gasteiger partial charge in [-0.05, 0) is 41.8 Å². The lowest BCUT2D eigenvalue weighted by Gasteiger charge is -2.28. The molecular weight excluding hydrogens is 357 g/mol. The number of fused-ring (bicyclic) bond motifs is 3. The number of hydrogen-bond donors (Lipinski definition) is 0. The summed E-state index contributed by atoms with van der Waals surface area (Å²) < 4.78 is 38.3. The van der Waals surface area contributed by atoms with E-state index in [1.807, 2.05) is 38.1 Å². The van der Waals surface area contributed by atoms with Crippen LogP contribution in [0.15, 0.2) is 65.2 Å². The summed E-state index contributed by atoms with van der Waals surface area (Å²) in [6, 6.07) is 11.8. The monoisotopic (exact) mass is 372 g/mol. The third-order valence-corrected chi connectivity index (χ3v) is 4.38. The second kappa shape index (κ2) is 6.02. The summed E-state index contributed by atoms with van der Waals surface area (Å²) in [5, 5.41) is 15.3. The molecule has 2 heterocycles. The van der Waals surface area contributed by atoms with E-state index in [1.54, 1.807) is 0 Å². The van der Waals surface area contributed by atoms with Crippen LogP contribution in [0.4, 0.5) is 24.5 Å². The molecule has 0 amide bonds. The molecule has 0 unspecified atom stereocenters. The lowest BCUT2D eigenvalue weighted by molar-refractivity contribution is -0.306. The van der Waals surface area contributed by atoms with Gasteiger partial charge in [-0.25, -0.2) is 15.0 Å². The molecule has 0 saturated carbocycles. The molecule has 0 saturated heterocycles. The molecule has 4 rings (SSSR count). The van der Waals surface area contributed by atoms with Crippen molar-refractivity contribution in [3.8, 4) is 0 Å². The summed E-state index contributed by atoms with van der Waals surface area (Å²) in [5.74, 6) is -0.256. The van der Waals surface area contributed by atoms with Crippen molar-refractivity contribution >= 4 is 17.1 Å². The van der Waals surface area contributed by atoms with Crippen LogP contribution >= 0.6 is 0 Å². The number of nitrogens with zero attached hydrogens (tertiary/aromatic N) is 4. The number of benzene rings is 2. The highest BCUT2D eigenvalue weighted by Gasteiger charge is 2.35. The van der Waals surface area contributed by atoms with Crippen molar-refractivity contribution in [2.75, 3.05) is 10.0 Å². The second-order valence-electron chi connectivity index (χ2n) is 6.56. The Balaban J connectivity index is 1.75. The van der Waals surface area contributed by atoms with Crippen molar-refractivity contribution < 1.29 is 18.3 Å². The second-order valence-corrected chi connectivity index (χ2v) is 6.56. The summed E-state index contributed by atoms with van der Waals surface area (Å²) in [6.07, 6.45) is -4.44. The van der Waals surface area contributed by atoms with Crippen molar-refractivity contribution in [2.45, 2.75) is 20.0 Å². The molecule has 0 aliphatic carbocycles. The average molecular weight is 372 g/mol. The van der Waals surface area contributed by atoms with Gasteiger partial charge >= 0.3 is 6.18 Å². The maximum absolute atomic E-state index is 12.8. The first-order valence-electron chi connectivity index (χ1n) is 8.35. The van der Waals surface area contributed by atoms with E-state index >= 15 is 0 Å². The Bertz CT molecular complexity index is 948. The Morgan fingerprint density at radius 1 is 0.963 bits per heavy atom. The van der Waals surface area contributed by atoms with Gasteiger partial charge in [0, 0.05) is 11.4 Å². The highest BCUT2D eigenvalue weighted by molar-refractivity contribution is 6.08. The number of hydrogen-bond acceptors (Lipinski definition) is 4. The first-order valence-corrected chi connectivity index (χ1v) is 8.35. The summed E-state index contributed by atoms with van der Waals surface area (Å²) >= 11 is 0. The third kappa shape index (κ3) is 2.82. The molecule has 5 nitrogen and oxygen atoms in total. The Morgan fingerprint density at radius 2 is 1.63 bits per heavy atom. The van der Waals surface area contributed by atoms with Gasteiger partial charge in [0.1, 0.15) is 0 Å². The third-order valence-electron chi connectivity index (χ3n) is 4.38. The normalized spacial score (nSPS) is 16.6. The number of halogens is 3. The van der Waals surface area contributed by atoms with Crippen LogP contribution in [-0.4, -0.2) is 5.71 Å². The molecule has 0 spiro atoms. The van der Waals surface area contributed by atoms with Gasteiger partial charge in [-0.3, -0.25) is 0 Å². The molecule has 0 atom stereocenters. The lowest BCUT2D eigenvalue weighted by Crippen LogP contribution is -2.38. The van der Waals surface area contributed by atoms with Crippen molar-refractivity contribution in [1.29, 1.82) is 0 Å². The molecule has 2 aliphatic rings. The quantitative estimate of drug-likeness (QED) is 0.812. The van der Waals surface area contributed by atoms with Crippen LogP contribution in [0.5, 0.6) is 0 Å². The first kappa shape index (κ1) is 17.4. The Hall–Kier alpha value is -3.00. The fraction of sp³-hybridized carbons (Fsp3) is 0.211. The van der Waals surface area contributed by atoms with E-state index in [2.05, 4.69) is 10.5 Å². The van der Waals surface area contributed by atoms with E-state index in [1.165, 1.54) is 17.1 Å². The topological polar surface area (TPSA) is 56.0 Å². The molecule has 2 aromatic rings. The van der Waals surface area contributed by atoms with Crippen LogP contribution in [-0.2, 0) is 6.18 Å². The Kier molecular flexibility index (Phi) is 3.88.